The zero-order valence-electron chi connectivity index (χ0n) is 14.3. The van der Waals surface area contributed by atoms with Gasteiger partial charge in [-0.3, -0.25) is 4.90 Å². The normalized spacial score (nSPS) is 11.1. The molecular weight excluding hydrogens is 326 g/mol. The summed E-state index contributed by atoms with van der Waals surface area (Å²) >= 11 is 0. The molecular formula is C20H19N5O. The van der Waals surface area contributed by atoms with Crippen molar-refractivity contribution in [3.8, 4) is 5.69 Å². The molecule has 0 aliphatic carbocycles. The molecule has 0 radical (unpaired) electrons. The van der Waals surface area contributed by atoms with E-state index in [4.69, 9.17) is 4.42 Å². The molecule has 0 N–H and O–H groups in total. The van der Waals surface area contributed by atoms with Crippen LogP contribution in [0, 0.1) is 0 Å². The van der Waals surface area contributed by atoms with E-state index in [1.807, 2.05) is 48.5 Å². The number of rotatable bonds is 7. The van der Waals surface area contributed by atoms with Gasteiger partial charge < -0.3 is 4.42 Å². The van der Waals surface area contributed by atoms with Crippen molar-refractivity contribution in [1.29, 1.82) is 0 Å². The summed E-state index contributed by atoms with van der Waals surface area (Å²) in [5, 5.41) is 12.3. The summed E-state index contributed by atoms with van der Waals surface area (Å²) in [7, 11) is 0. The van der Waals surface area contributed by atoms with Crippen LogP contribution >= 0.6 is 0 Å². The van der Waals surface area contributed by atoms with Crippen LogP contribution < -0.4 is 0 Å². The van der Waals surface area contributed by atoms with Crippen LogP contribution in [0.4, 0.5) is 0 Å². The van der Waals surface area contributed by atoms with Gasteiger partial charge in [-0.05, 0) is 40.3 Å². The number of furan rings is 1. The topological polar surface area (TPSA) is 60.0 Å². The maximum atomic E-state index is 5.54. The molecule has 130 valence electrons. The van der Waals surface area contributed by atoms with Gasteiger partial charge in [-0.15, -0.1) is 5.10 Å². The van der Waals surface area contributed by atoms with E-state index in [2.05, 4.69) is 44.7 Å². The molecule has 2 aromatic heterocycles. The molecule has 0 unspecified atom stereocenters. The minimum absolute atomic E-state index is 0.609. The predicted octanol–water partition coefficient (Wildman–Crippen LogP) is 3.46. The van der Waals surface area contributed by atoms with Crippen LogP contribution in [0.3, 0.4) is 0 Å². The first-order valence-electron chi connectivity index (χ1n) is 8.50. The summed E-state index contributed by atoms with van der Waals surface area (Å²) in [6, 6.07) is 24.2. The summed E-state index contributed by atoms with van der Waals surface area (Å²) in [5.41, 5.74) is 2.18. The Bertz CT molecular complexity index is 919. The maximum absolute atomic E-state index is 5.54. The lowest BCUT2D eigenvalue weighted by Gasteiger charge is -2.20. The molecule has 2 aromatic carbocycles. The van der Waals surface area contributed by atoms with Crippen LogP contribution in [0.25, 0.3) is 5.69 Å². The van der Waals surface area contributed by atoms with E-state index in [9.17, 15) is 0 Å². The van der Waals surface area contributed by atoms with Crippen LogP contribution in [0.15, 0.2) is 83.5 Å². The third-order valence-electron chi connectivity index (χ3n) is 4.11. The van der Waals surface area contributed by atoms with Crippen molar-refractivity contribution in [3.05, 3.63) is 96.2 Å². The highest BCUT2D eigenvalue weighted by atomic mass is 16.3. The van der Waals surface area contributed by atoms with E-state index < -0.39 is 0 Å². The number of nitrogens with zero attached hydrogens (tertiary/aromatic N) is 5. The SMILES string of the molecule is c1ccc(CN(Cc2ccco2)Cc2nnnn2-c2ccccc2)cc1. The van der Waals surface area contributed by atoms with Crippen molar-refractivity contribution in [1.82, 2.24) is 25.1 Å². The summed E-state index contributed by atoms with van der Waals surface area (Å²) in [4.78, 5) is 2.26. The van der Waals surface area contributed by atoms with Crippen LogP contribution in [-0.2, 0) is 19.6 Å². The lowest BCUT2D eigenvalue weighted by molar-refractivity contribution is 0.219. The Balaban J connectivity index is 1.58. The first kappa shape index (κ1) is 16.2. The number of para-hydroxylation sites is 1. The minimum atomic E-state index is 0.609. The third-order valence-corrected chi connectivity index (χ3v) is 4.11. The number of hydrogen-bond acceptors (Lipinski definition) is 5. The fraction of sp³-hybridized carbons (Fsp3) is 0.150. The molecule has 0 bridgehead atoms. The predicted molar refractivity (Wildman–Crippen MR) is 97.3 cm³/mol. The van der Waals surface area contributed by atoms with Gasteiger partial charge >= 0.3 is 0 Å². The van der Waals surface area contributed by atoms with Crippen LogP contribution in [-0.4, -0.2) is 25.1 Å². The first-order chi connectivity index (χ1) is 12.9. The molecule has 0 fully saturated rings. The standard InChI is InChI=1S/C20H19N5O/c1-3-8-17(9-4-1)14-24(15-19-12-7-13-26-19)16-20-21-22-23-25(20)18-10-5-2-6-11-18/h1-13H,14-16H2. The quantitative estimate of drug-likeness (QED) is 0.513. The number of tetrazole rings is 1. The molecule has 6 nitrogen and oxygen atoms in total. The molecule has 4 rings (SSSR count). The maximum Gasteiger partial charge on any atom is 0.170 e. The Kier molecular flexibility index (Phi) is 4.84. The summed E-state index contributed by atoms with van der Waals surface area (Å²) in [6.45, 7) is 2.07. The smallest absolute Gasteiger partial charge is 0.170 e. The van der Waals surface area contributed by atoms with E-state index in [1.165, 1.54) is 5.56 Å². The van der Waals surface area contributed by atoms with Gasteiger partial charge in [0.15, 0.2) is 5.82 Å². The second kappa shape index (κ2) is 7.76. The fourth-order valence-corrected chi connectivity index (χ4v) is 2.91. The lowest BCUT2D eigenvalue weighted by Crippen LogP contribution is -2.24. The average Bonchev–Trinajstić information content (AvgIpc) is 3.35. The average molecular weight is 345 g/mol. The van der Waals surface area contributed by atoms with Gasteiger partial charge in [0.1, 0.15) is 5.76 Å². The van der Waals surface area contributed by atoms with E-state index >= 15 is 0 Å². The van der Waals surface area contributed by atoms with E-state index in [1.54, 1.807) is 10.9 Å². The molecule has 4 aromatic rings. The van der Waals surface area contributed by atoms with Crippen molar-refractivity contribution in [2.45, 2.75) is 19.6 Å². The Hall–Kier alpha value is -3.25. The molecule has 2 heterocycles. The van der Waals surface area contributed by atoms with E-state index in [0.29, 0.717) is 13.1 Å². The van der Waals surface area contributed by atoms with Crippen molar-refractivity contribution < 1.29 is 4.42 Å². The highest BCUT2D eigenvalue weighted by Crippen LogP contribution is 2.15. The fourth-order valence-electron chi connectivity index (χ4n) is 2.91. The summed E-state index contributed by atoms with van der Waals surface area (Å²) in [6.07, 6.45) is 1.70. The van der Waals surface area contributed by atoms with Gasteiger partial charge in [0, 0.05) is 6.54 Å². The second-order valence-corrected chi connectivity index (χ2v) is 6.05. The van der Waals surface area contributed by atoms with Crippen LogP contribution in [0.2, 0.25) is 0 Å². The van der Waals surface area contributed by atoms with E-state index in [-0.39, 0.29) is 0 Å². The number of aromatic nitrogens is 4. The molecule has 0 spiro atoms. The Morgan fingerprint density at radius 2 is 1.58 bits per heavy atom. The zero-order chi connectivity index (χ0) is 17.6. The van der Waals surface area contributed by atoms with Gasteiger partial charge in [0.25, 0.3) is 0 Å². The van der Waals surface area contributed by atoms with E-state index in [0.717, 1.165) is 23.8 Å². The van der Waals surface area contributed by atoms with Crippen molar-refractivity contribution in [2.75, 3.05) is 0 Å². The number of benzene rings is 2. The highest BCUT2D eigenvalue weighted by molar-refractivity contribution is 5.30. The Morgan fingerprint density at radius 3 is 2.31 bits per heavy atom. The summed E-state index contributed by atoms with van der Waals surface area (Å²) < 4.78 is 7.31. The molecule has 0 saturated carbocycles. The summed E-state index contributed by atoms with van der Waals surface area (Å²) in [5.74, 6) is 1.71. The van der Waals surface area contributed by atoms with Gasteiger partial charge in [-0.2, -0.15) is 4.68 Å². The monoisotopic (exact) mass is 345 g/mol. The molecule has 26 heavy (non-hydrogen) atoms. The van der Waals surface area contributed by atoms with Gasteiger partial charge in [0.2, 0.25) is 0 Å². The van der Waals surface area contributed by atoms with Crippen molar-refractivity contribution >= 4 is 0 Å². The number of hydrogen-bond donors (Lipinski definition) is 0. The third kappa shape index (κ3) is 3.87. The van der Waals surface area contributed by atoms with Crippen LogP contribution in [0.1, 0.15) is 17.1 Å². The minimum Gasteiger partial charge on any atom is -0.468 e. The second-order valence-electron chi connectivity index (χ2n) is 6.05. The highest BCUT2D eigenvalue weighted by Gasteiger charge is 2.15. The Labute approximate surface area is 151 Å². The zero-order valence-corrected chi connectivity index (χ0v) is 14.3. The molecule has 0 aliphatic rings. The molecule has 0 atom stereocenters. The molecule has 0 amide bonds. The van der Waals surface area contributed by atoms with Gasteiger partial charge in [-0.25, -0.2) is 0 Å². The Morgan fingerprint density at radius 1 is 0.808 bits per heavy atom. The first-order valence-corrected chi connectivity index (χ1v) is 8.50. The van der Waals surface area contributed by atoms with Crippen LogP contribution in [0.5, 0.6) is 0 Å². The van der Waals surface area contributed by atoms with Crippen molar-refractivity contribution in [3.63, 3.8) is 0 Å². The largest absolute Gasteiger partial charge is 0.468 e. The van der Waals surface area contributed by atoms with Gasteiger partial charge in [0.05, 0.1) is 25.0 Å². The lowest BCUT2D eigenvalue weighted by atomic mass is 10.2. The molecule has 0 saturated heterocycles. The van der Waals surface area contributed by atoms with Gasteiger partial charge in [-0.1, -0.05) is 48.5 Å². The molecule has 6 heteroatoms. The molecule has 0 aliphatic heterocycles. The van der Waals surface area contributed by atoms with Crippen molar-refractivity contribution in [2.24, 2.45) is 0 Å².